The lowest BCUT2D eigenvalue weighted by molar-refractivity contribution is -0.153. The number of β-lactam (4-membered cyclic amide) rings is 1. The average Bonchev–Trinajstić information content (AvgIpc) is 3.42. The quantitative estimate of drug-likeness (QED) is 0.145. The summed E-state index contributed by atoms with van der Waals surface area (Å²) in [5, 5.41) is 35.6. The fourth-order valence-electron chi connectivity index (χ4n) is 4.86. The largest absolute Gasteiger partial charge is 0.508 e. The number of nitrogens with zero attached hydrogens (tertiary/aromatic N) is 7. The molecule has 2 saturated heterocycles. The van der Waals surface area contributed by atoms with Gasteiger partial charge in [0.15, 0.2) is 0 Å². The Morgan fingerprint density at radius 1 is 1.14 bits per heavy atom. The van der Waals surface area contributed by atoms with Crippen LogP contribution in [-0.4, -0.2) is 123 Å². The zero-order valence-corrected chi connectivity index (χ0v) is 25.0. The number of aromatic hydroxyl groups is 1. The minimum Gasteiger partial charge on any atom is -0.508 e. The van der Waals surface area contributed by atoms with Crippen LogP contribution in [0.2, 0.25) is 0 Å². The summed E-state index contributed by atoms with van der Waals surface area (Å²) in [7, 11) is 1.64. The van der Waals surface area contributed by atoms with Crippen LogP contribution in [0, 0.1) is 0 Å². The number of piperazine rings is 1. The summed E-state index contributed by atoms with van der Waals surface area (Å²) in [6.07, 6.45) is 0. The number of thioether (sulfide) groups is 2. The minimum atomic E-state index is -1.42. The van der Waals surface area contributed by atoms with Gasteiger partial charge in [0.25, 0.3) is 5.91 Å². The molecule has 3 atom stereocenters. The van der Waals surface area contributed by atoms with Crippen molar-refractivity contribution in [3.63, 3.8) is 0 Å². The van der Waals surface area contributed by atoms with Gasteiger partial charge in [-0.05, 0) is 40.6 Å². The van der Waals surface area contributed by atoms with Gasteiger partial charge < -0.3 is 25.7 Å². The highest BCUT2D eigenvalue weighted by molar-refractivity contribution is 8.01. The molecule has 19 heteroatoms. The first-order chi connectivity index (χ1) is 21.0. The SMILES string of the molecule is CCN1CCN(C(=O)NC(C(=O)N[C@H]2C(=O)N3C(C(=O)O)=C(CSc4nnnn4C)CS[C@H]23)c2ccc(O)cc2)C(=O)C1=O. The van der Waals surface area contributed by atoms with Gasteiger partial charge in [0.05, 0.1) is 0 Å². The van der Waals surface area contributed by atoms with Gasteiger partial charge in [-0.3, -0.25) is 29.0 Å². The number of fused-ring (bicyclic) bond motifs is 1. The van der Waals surface area contributed by atoms with Gasteiger partial charge in [-0.25, -0.2) is 14.3 Å². The van der Waals surface area contributed by atoms with Crippen molar-refractivity contribution in [2.75, 3.05) is 31.1 Å². The third-order valence-corrected chi connectivity index (χ3v) is 9.63. The number of carbonyl (C=O) groups is 6. The van der Waals surface area contributed by atoms with E-state index < -0.39 is 53.1 Å². The molecule has 3 aliphatic heterocycles. The van der Waals surface area contributed by atoms with Gasteiger partial charge in [-0.1, -0.05) is 23.9 Å². The van der Waals surface area contributed by atoms with Crippen molar-refractivity contribution < 1.29 is 39.0 Å². The van der Waals surface area contributed by atoms with E-state index in [-0.39, 0.29) is 41.6 Å². The monoisotopic (exact) mass is 645 g/mol. The number of imide groups is 1. The van der Waals surface area contributed by atoms with Crippen LogP contribution < -0.4 is 10.6 Å². The molecular formula is C25H27N9O8S2. The number of aliphatic carboxylic acids is 1. The average molecular weight is 646 g/mol. The van der Waals surface area contributed by atoms with Gasteiger partial charge in [-0.15, -0.1) is 16.9 Å². The summed E-state index contributed by atoms with van der Waals surface area (Å²) in [5.74, 6) is -4.26. The molecule has 1 unspecified atom stereocenters. The van der Waals surface area contributed by atoms with Crippen LogP contribution >= 0.6 is 23.5 Å². The molecule has 44 heavy (non-hydrogen) atoms. The molecule has 17 nitrogen and oxygen atoms in total. The fraction of sp³-hybridized carbons (Fsp3) is 0.400. The van der Waals surface area contributed by atoms with Crippen LogP contribution in [0.5, 0.6) is 5.75 Å². The number of carboxylic acids is 1. The Hall–Kier alpha value is -4.65. The number of benzene rings is 1. The van der Waals surface area contributed by atoms with Gasteiger partial charge in [0.2, 0.25) is 11.1 Å². The summed E-state index contributed by atoms with van der Waals surface area (Å²) in [6.45, 7) is 2.04. The molecular weight excluding hydrogens is 618 g/mol. The van der Waals surface area contributed by atoms with Gasteiger partial charge in [0.1, 0.15) is 28.9 Å². The van der Waals surface area contributed by atoms with Crippen LogP contribution in [0.1, 0.15) is 18.5 Å². The molecule has 3 aliphatic rings. The maximum Gasteiger partial charge on any atom is 0.352 e. The zero-order chi connectivity index (χ0) is 31.7. The third kappa shape index (κ3) is 5.79. The summed E-state index contributed by atoms with van der Waals surface area (Å²) in [6, 6.07) is 1.84. The molecule has 0 radical (unpaired) electrons. The van der Waals surface area contributed by atoms with Crippen molar-refractivity contribution >= 4 is 59.2 Å². The number of carboxylic acid groups (broad SMARTS) is 1. The maximum absolute atomic E-state index is 13.6. The smallest absolute Gasteiger partial charge is 0.352 e. The predicted octanol–water partition coefficient (Wildman–Crippen LogP) is -1.11. The topological polar surface area (TPSA) is 220 Å². The van der Waals surface area contributed by atoms with Crippen LogP contribution in [-0.2, 0) is 31.0 Å². The first kappa shape index (κ1) is 30.8. The molecule has 6 amide bonds. The Labute approximate surface area is 258 Å². The molecule has 4 N–H and O–H groups in total. The Bertz CT molecular complexity index is 1560. The number of phenolic OH excluding ortho intramolecular Hbond substituents is 1. The van der Waals surface area contributed by atoms with E-state index in [1.807, 2.05) is 0 Å². The number of urea groups is 1. The molecule has 232 valence electrons. The number of likely N-dealkylation sites (N-methyl/N-ethyl adjacent to an activating group) is 1. The second-order valence-electron chi connectivity index (χ2n) is 9.84. The molecule has 0 saturated carbocycles. The first-order valence-electron chi connectivity index (χ1n) is 13.3. The molecule has 1 aromatic carbocycles. The standard InChI is InChI=1S/C25H27N9O8S2/c1-3-32-8-9-33(21(39)20(32)38)24(42)27-15(12-4-6-14(35)7-5-12)18(36)26-16-19(37)34-17(23(40)41)13(10-43-22(16)34)11-44-25-28-29-30-31(25)2/h4-7,15-16,22,35H,3,8-11H2,1-2H3,(H,26,36)(H,27,42)(H,40,41)/t15?,16-,22+/m0/s1. The highest BCUT2D eigenvalue weighted by Crippen LogP contribution is 2.41. The van der Waals surface area contributed by atoms with E-state index in [4.69, 9.17) is 0 Å². The molecule has 0 spiro atoms. The summed E-state index contributed by atoms with van der Waals surface area (Å²) >= 11 is 2.49. The van der Waals surface area contributed by atoms with Crippen molar-refractivity contribution in [3.05, 3.63) is 41.1 Å². The number of tetrazole rings is 1. The molecule has 0 aliphatic carbocycles. The second-order valence-corrected chi connectivity index (χ2v) is 11.9. The van der Waals surface area contributed by atoms with Crippen molar-refractivity contribution in [1.29, 1.82) is 0 Å². The molecule has 2 fully saturated rings. The number of hydrogen-bond acceptors (Lipinski definition) is 12. The van der Waals surface area contributed by atoms with E-state index in [9.17, 15) is 39.0 Å². The number of phenols is 1. The van der Waals surface area contributed by atoms with Crippen LogP contribution in [0.15, 0.2) is 40.7 Å². The predicted molar refractivity (Wildman–Crippen MR) is 153 cm³/mol. The highest BCUT2D eigenvalue weighted by Gasteiger charge is 2.54. The van der Waals surface area contributed by atoms with E-state index in [1.165, 1.54) is 57.4 Å². The Balaban J connectivity index is 1.31. The van der Waals surface area contributed by atoms with Crippen molar-refractivity contribution in [3.8, 4) is 5.75 Å². The first-order valence-corrected chi connectivity index (χ1v) is 15.3. The lowest BCUT2D eigenvalue weighted by atomic mass is 10.0. The summed E-state index contributed by atoms with van der Waals surface area (Å²) < 4.78 is 1.44. The Morgan fingerprint density at radius 2 is 1.86 bits per heavy atom. The fourth-order valence-corrected chi connectivity index (χ4v) is 7.20. The molecule has 0 bridgehead atoms. The molecule has 2 aromatic rings. The second kappa shape index (κ2) is 12.5. The van der Waals surface area contributed by atoms with Gasteiger partial charge >= 0.3 is 23.8 Å². The summed E-state index contributed by atoms with van der Waals surface area (Å²) in [5.41, 5.74) is 0.536. The van der Waals surface area contributed by atoms with E-state index in [1.54, 1.807) is 14.0 Å². The van der Waals surface area contributed by atoms with E-state index >= 15 is 0 Å². The van der Waals surface area contributed by atoms with Crippen LogP contribution in [0.25, 0.3) is 0 Å². The molecule has 5 rings (SSSR count). The van der Waals surface area contributed by atoms with Crippen molar-refractivity contribution in [2.24, 2.45) is 7.05 Å². The third-order valence-electron chi connectivity index (χ3n) is 7.20. The normalized spacial score (nSPS) is 20.7. The van der Waals surface area contributed by atoms with Crippen LogP contribution in [0.4, 0.5) is 4.79 Å². The van der Waals surface area contributed by atoms with Crippen molar-refractivity contribution in [1.82, 2.24) is 45.5 Å². The number of amides is 6. The van der Waals surface area contributed by atoms with Crippen LogP contribution in [0.3, 0.4) is 0 Å². The van der Waals surface area contributed by atoms with E-state index in [2.05, 4.69) is 26.2 Å². The number of hydrogen-bond donors (Lipinski definition) is 4. The minimum absolute atomic E-state index is 0.0823. The number of carbonyl (C=O) groups excluding carboxylic acids is 5. The Kier molecular flexibility index (Phi) is 8.77. The van der Waals surface area contributed by atoms with Crippen molar-refractivity contribution in [2.45, 2.75) is 29.5 Å². The van der Waals surface area contributed by atoms with E-state index in [0.717, 1.165) is 4.90 Å². The van der Waals surface area contributed by atoms with Gasteiger partial charge in [-0.2, -0.15) is 0 Å². The summed E-state index contributed by atoms with van der Waals surface area (Å²) in [4.78, 5) is 80.1. The molecule has 4 heterocycles. The number of aryl methyl sites for hydroxylation is 1. The number of nitrogens with one attached hydrogen (secondary N) is 2. The highest BCUT2D eigenvalue weighted by atomic mass is 32.2. The lowest BCUT2D eigenvalue weighted by Crippen LogP contribution is -2.71. The number of aromatic nitrogens is 4. The lowest BCUT2D eigenvalue weighted by Gasteiger charge is -2.49. The maximum atomic E-state index is 13.6. The number of rotatable bonds is 9. The van der Waals surface area contributed by atoms with E-state index in [0.29, 0.717) is 22.2 Å². The Morgan fingerprint density at radius 3 is 2.50 bits per heavy atom. The zero-order valence-electron chi connectivity index (χ0n) is 23.4. The molecule has 1 aromatic heterocycles. The van der Waals surface area contributed by atoms with Gasteiger partial charge in [0, 0.05) is 38.2 Å².